The first-order chi connectivity index (χ1) is 15.2. The summed E-state index contributed by atoms with van der Waals surface area (Å²) in [5.74, 6) is 0.271. The van der Waals surface area contributed by atoms with E-state index in [9.17, 15) is 9.59 Å². The molecule has 0 saturated heterocycles. The molecule has 0 atom stereocenters. The summed E-state index contributed by atoms with van der Waals surface area (Å²) >= 11 is 1.33. The number of amides is 1. The molecule has 0 unspecified atom stereocenters. The fraction of sp³-hybridized carbons (Fsp3) is 0.0417. The maximum Gasteiger partial charge on any atom is 0.274 e. The number of benzene rings is 3. The Morgan fingerprint density at radius 3 is 2.61 bits per heavy atom. The van der Waals surface area contributed by atoms with E-state index in [4.69, 9.17) is 4.74 Å². The van der Waals surface area contributed by atoms with Gasteiger partial charge in [-0.3, -0.25) is 9.59 Å². The number of imidazole rings is 1. The number of carbonyl (C=O) groups excluding carboxylic acids is 1. The van der Waals surface area contributed by atoms with Crippen molar-refractivity contribution in [2.75, 3.05) is 11.9 Å². The molecule has 31 heavy (non-hydrogen) atoms. The monoisotopic (exact) mass is 427 g/mol. The standard InChI is InChI=1S/C24H17N3O3S/c28-22(25-17-9-2-1-3-10-17)15-30-20-13-7-4-8-16(20)14-21-23(29)27-19-12-6-5-11-18(19)26-24(27)31-21/h1-14H,15H2,(H,25,28)/b21-14-. The van der Waals surface area contributed by atoms with Crippen molar-refractivity contribution in [3.8, 4) is 5.75 Å². The topological polar surface area (TPSA) is 72.7 Å². The van der Waals surface area contributed by atoms with Crippen molar-refractivity contribution >= 4 is 45.0 Å². The minimum Gasteiger partial charge on any atom is -0.483 e. The van der Waals surface area contributed by atoms with Crippen LogP contribution < -0.4 is 20.1 Å². The molecule has 152 valence electrons. The van der Waals surface area contributed by atoms with Gasteiger partial charge >= 0.3 is 0 Å². The van der Waals surface area contributed by atoms with Gasteiger partial charge in [-0.05, 0) is 36.4 Å². The molecule has 0 aliphatic heterocycles. The highest BCUT2D eigenvalue weighted by molar-refractivity contribution is 7.15. The van der Waals surface area contributed by atoms with E-state index in [0.717, 1.165) is 16.6 Å². The zero-order chi connectivity index (χ0) is 21.2. The van der Waals surface area contributed by atoms with E-state index >= 15 is 0 Å². The molecule has 2 aromatic heterocycles. The molecule has 5 rings (SSSR count). The molecule has 5 aromatic rings. The second-order valence-corrected chi connectivity index (χ2v) is 7.88. The van der Waals surface area contributed by atoms with E-state index in [1.807, 2.05) is 72.8 Å². The number of hydrogen-bond donors (Lipinski definition) is 1. The van der Waals surface area contributed by atoms with Crippen LogP contribution in [0.2, 0.25) is 0 Å². The van der Waals surface area contributed by atoms with Crippen LogP contribution in [0.15, 0.2) is 83.7 Å². The van der Waals surface area contributed by atoms with Crippen LogP contribution >= 0.6 is 11.3 Å². The molecule has 1 amide bonds. The lowest BCUT2D eigenvalue weighted by molar-refractivity contribution is -0.118. The van der Waals surface area contributed by atoms with Gasteiger partial charge in [0.2, 0.25) is 0 Å². The average Bonchev–Trinajstić information content (AvgIpc) is 3.30. The number of hydrogen-bond acceptors (Lipinski definition) is 5. The van der Waals surface area contributed by atoms with Crippen molar-refractivity contribution in [3.05, 3.63) is 99.3 Å². The number of anilines is 1. The van der Waals surface area contributed by atoms with Crippen molar-refractivity contribution in [2.45, 2.75) is 0 Å². The molecule has 0 spiro atoms. The summed E-state index contributed by atoms with van der Waals surface area (Å²) in [6.07, 6.45) is 1.78. The average molecular weight is 427 g/mol. The first-order valence-electron chi connectivity index (χ1n) is 9.67. The van der Waals surface area contributed by atoms with Crippen molar-refractivity contribution in [3.63, 3.8) is 0 Å². The van der Waals surface area contributed by atoms with Crippen LogP contribution in [0.5, 0.6) is 5.75 Å². The zero-order valence-corrected chi connectivity index (χ0v) is 17.1. The number of aromatic nitrogens is 2. The summed E-state index contributed by atoms with van der Waals surface area (Å²) in [7, 11) is 0. The summed E-state index contributed by atoms with van der Waals surface area (Å²) in [6, 6.07) is 24.1. The second kappa shape index (κ2) is 8.04. The molecule has 0 aliphatic carbocycles. The van der Waals surface area contributed by atoms with Crippen molar-refractivity contribution in [2.24, 2.45) is 0 Å². The van der Waals surface area contributed by atoms with Crippen molar-refractivity contribution in [1.29, 1.82) is 0 Å². The predicted molar refractivity (Wildman–Crippen MR) is 123 cm³/mol. The van der Waals surface area contributed by atoms with Gasteiger partial charge in [0.15, 0.2) is 11.6 Å². The lowest BCUT2D eigenvalue weighted by Crippen LogP contribution is -2.23. The molecule has 2 heterocycles. The van der Waals surface area contributed by atoms with Crippen LogP contribution in [0.1, 0.15) is 5.56 Å². The largest absolute Gasteiger partial charge is 0.483 e. The summed E-state index contributed by atoms with van der Waals surface area (Å²) in [6.45, 7) is -0.137. The minimum absolute atomic E-state index is 0.120. The van der Waals surface area contributed by atoms with Crippen LogP contribution in [-0.4, -0.2) is 21.9 Å². The van der Waals surface area contributed by atoms with Crippen molar-refractivity contribution < 1.29 is 9.53 Å². The number of ether oxygens (including phenoxy) is 1. The van der Waals surface area contributed by atoms with Crippen molar-refractivity contribution in [1.82, 2.24) is 9.38 Å². The summed E-state index contributed by atoms with van der Waals surface area (Å²) in [5.41, 5.74) is 2.90. The molecule has 0 aliphatic rings. The minimum atomic E-state index is -0.258. The van der Waals surface area contributed by atoms with Crippen LogP contribution in [0, 0.1) is 0 Å². The Hall–Kier alpha value is -3.97. The molecular formula is C24H17N3O3S. The van der Waals surface area contributed by atoms with E-state index in [1.54, 1.807) is 16.5 Å². The maximum absolute atomic E-state index is 13.0. The summed E-state index contributed by atoms with van der Waals surface area (Å²) < 4.78 is 7.93. The summed E-state index contributed by atoms with van der Waals surface area (Å²) in [4.78, 5) is 30.4. The normalized spacial score (nSPS) is 11.8. The van der Waals surface area contributed by atoms with Gasteiger partial charge in [0, 0.05) is 11.3 Å². The molecule has 7 heteroatoms. The second-order valence-electron chi connectivity index (χ2n) is 6.88. The van der Waals surface area contributed by atoms with Gasteiger partial charge in [0.25, 0.3) is 11.5 Å². The lowest BCUT2D eigenvalue weighted by atomic mass is 10.2. The molecule has 6 nitrogen and oxygen atoms in total. The van der Waals surface area contributed by atoms with Gasteiger partial charge in [-0.15, -0.1) is 0 Å². The number of para-hydroxylation sites is 4. The molecule has 0 radical (unpaired) electrons. The third-order valence-electron chi connectivity index (χ3n) is 4.77. The Morgan fingerprint density at radius 1 is 1.00 bits per heavy atom. The fourth-order valence-electron chi connectivity index (χ4n) is 3.35. The number of nitrogens with one attached hydrogen (secondary N) is 1. The zero-order valence-electron chi connectivity index (χ0n) is 16.3. The fourth-order valence-corrected chi connectivity index (χ4v) is 4.32. The lowest BCUT2D eigenvalue weighted by Gasteiger charge is -2.09. The highest BCUT2D eigenvalue weighted by atomic mass is 32.1. The Labute approximate surface area is 181 Å². The Bertz CT molecular complexity index is 1510. The molecule has 1 N–H and O–H groups in total. The molecular weight excluding hydrogens is 410 g/mol. The van der Waals surface area contributed by atoms with Gasteiger partial charge in [-0.25, -0.2) is 9.38 Å². The van der Waals surface area contributed by atoms with E-state index < -0.39 is 0 Å². The van der Waals surface area contributed by atoms with Crippen LogP contribution in [-0.2, 0) is 4.79 Å². The smallest absolute Gasteiger partial charge is 0.274 e. The Morgan fingerprint density at radius 2 is 1.74 bits per heavy atom. The van der Waals surface area contributed by atoms with Gasteiger partial charge in [-0.1, -0.05) is 59.9 Å². The van der Waals surface area contributed by atoms with E-state index in [1.165, 1.54) is 11.3 Å². The third-order valence-corrected chi connectivity index (χ3v) is 5.74. The van der Waals surface area contributed by atoms with Gasteiger partial charge in [0.1, 0.15) is 5.75 Å². The number of fused-ring (bicyclic) bond motifs is 3. The van der Waals surface area contributed by atoms with E-state index in [2.05, 4.69) is 10.3 Å². The first kappa shape index (κ1) is 19.0. The third kappa shape index (κ3) is 3.78. The van der Waals surface area contributed by atoms with E-state index in [0.29, 0.717) is 20.9 Å². The number of rotatable bonds is 5. The van der Waals surface area contributed by atoms with Crippen LogP contribution in [0.4, 0.5) is 5.69 Å². The Balaban J connectivity index is 1.43. The van der Waals surface area contributed by atoms with Gasteiger partial charge in [0.05, 0.1) is 15.6 Å². The van der Waals surface area contributed by atoms with Gasteiger partial charge < -0.3 is 10.1 Å². The SMILES string of the molecule is O=C(COc1ccccc1/C=c1\sc2nc3ccccc3n2c1=O)Nc1ccccc1. The van der Waals surface area contributed by atoms with Crippen LogP contribution in [0.3, 0.4) is 0 Å². The number of carbonyl (C=O) groups is 1. The number of thiazole rings is 1. The maximum atomic E-state index is 13.0. The molecule has 0 fully saturated rings. The highest BCUT2D eigenvalue weighted by Gasteiger charge is 2.11. The first-order valence-corrected chi connectivity index (χ1v) is 10.5. The quantitative estimate of drug-likeness (QED) is 0.466. The Kier molecular flexibility index (Phi) is 4.93. The molecule has 0 saturated carbocycles. The van der Waals surface area contributed by atoms with Gasteiger partial charge in [-0.2, -0.15) is 0 Å². The highest BCUT2D eigenvalue weighted by Crippen LogP contribution is 2.20. The van der Waals surface area contributed by atoms with E-state index in [-0.39, 0.29) is 18.1 Å². The molecule has 3 aromatic carbocycles. The number of nitrogens with zero attached hydrogens (tertiary/aromatic N) is 2. The summed E-state index contributed by atoms with van der Waals surface area (Å²) in [5, 5.41) is 2.79. The predicted octanol–water partition coefficient (Wildman–Crippen LogP) is 3.47. The van der Waals surface area contributed by atoms with Crippen LogP contribution in [0.25, 0.3) is 22.1 Å². The molecule has 0 bridgehead atoms.